The molecule has 0 aliphatic heterocycles. The zero-order chi connectivity index (χ0) is 41.4. The van der Waals surface area contributed by atoms with Crippen molar-refractivity contribution < 1.29 is 8.83 Å². The second-order valence-electron chi connectivity index (χ2n) is 15.9. The number of hydrogen-bond acceptors (Lipinski definition) is 5. The van der Waals surface area contributed by atoms with E-state index >= 15 is 0 Å². The molecular formula is C57H34N4O2. The van der Waals surface area contributed by atoms with E-state index in [9.17, 15) is 0 Å². The molecule has 0 atom stereocenters. The molecule has 0 amide bonds. The molecule has 9 aromatic carbocycles. The van der Waals surface area contributed by atoms with Gasteiger partial charge in [-0.3, -0.25) is 0 Å². The molecule has 0 radical (unpaired) electrons. The molecule has 13 aromatic rings. The summed E-state index contributed by atoms with van der Waals surface area (Å²) in [5.41, 5.74) is 13.7. The summed E-state index contributed by atoms with van der Waals surface area (Å²) in [6.07, 6.45) is 0. The first-order valence-corrected chi connectivity index (χ1v) is 21.1. The first-order valence-electron chi connectivity index (χ1n) is 21.1. The smallest absolute Gasteiger partial charge is 0.164 e. The molecule has 0 bridgehead atoms. The van der Waals surface area contributed by atoms with Crippen LogP contribution in [0.1, 0.15) is 0 Å². The van der Waals surface area contributed by atoms with E-state index in [1.165, 1.54) is 16.3 Å². The van der Waals surface area contributed by atoms with Crippen molar-refractivity contribution in [3.63, 3.8) is 0 Å². The first-order chi connectivity index (χ1) is 31.2. The second kappa shape index (κ2) is 14.0. The van der Waals surface area contributed by atoms with Gasteiger partial charge in [-0.05, 0) is 82.9 Å². The molecule has 4 heterocycles. The Hall–Kier alpha value is -8.61. The maximum atomic E-state index is 6.59. The van der Waals surface area contributed by atoms with E-state index in [1.54, 1.807) is 0 Å². The highest BCUT2D eigenvalue weighted by Gasteiger charge is 2.21. The maximum absolute atomic E-state index is 6.59. The van der Waals surface area contributed by atoms with Gasteiger partial charge >= 0.3 is 0 Å². The van der Waals surface area contributed by atoms with Gasteiger partial charge in [-0.2, -0.15) is 0 Å². The Morgan fingerprint density at radius 1 is 0.302 bits per heavy atom. The SMILES string of the molecule is c1ccc(-c2nc(-c3ccc4c(c3)oc3cccc(-c5ccccc5)c34)nc(-c3cccc4oc5ccc(-c6cccc7c6c6ccccc6n7-c6ccccc6)cc5c34)n2)cc1. The number of hydrogen-bond donors (Lipinski definition) is 0. The van der Waals surface area contributed by atoms with E-state index < -0.39 is 0 Å². The number of benzene rings is 9. The number of nitrogens with zero attached hydrogens (tertiary/aromatic N) is 4. The standard InChI is InChI=1S/C57H34N4O2/c1-4-15-35(16-5-1)40-23-13-27-49-53(40)43-31-29-38(34-51(43)63-49)56-58-55(36-17-6-2-7-18-36)59-57(60-56)44-24-14-28-50-54(44)45-33-37(30-32-48(45)62-50)41-22-12-26-47-52(41)42-21-10-11-25-46(42)61(47)39-19-8-3-9-20-39/h1-34H. The molecule has 294 valence electrons. The van der Waals surface area contributed by atoms with Crippen LogP contribution < -0.4 is 0 Å². The maximum Gasteiger partial charge on any atom is 0.164 e. The van der Waals surface area contributed by atoms with Crippen molar-refractivity contribution in [2.75, 3.05) is 0 Å². The summed E-state index contributed by atoms with van der Waals surface area (Å²) in [5, 5.41) is 6.47. The summed E-state index contributed by atoms with van der Waals surface area (Å²) in [6.45, 7) is 0. The minimum Gasteiger partial charge on any atom is -0.456 e. The largest absolute Gasteiger partial charge is 0.456 e. The first kappa shape index (κ1) is 35.2. The lowest BCUT2D eigenvalue weighted by molar-refractivity contribution is 0.668. The molecular weight excluding hydrogens is 773 g/mol. The number of furan rings is 2. The lowest BCUT2D eigenvalue weighted by atomic mass is 9.97. The van der Waals surface area contributed by atoms with Crippen molar-refractivity contribution in [2.24, 2.45) is 0 Å². The number of aromatic nitrogens is 4. The van der Waals surface area contributed by atoms with Crippen LogP contribution in [0.2, 0.25) is 0 Å². The summed E-state index contributed by atoms with van der Waals surface area (Å²) in [6, 6.07) is 71.5. The zero-order valence-corrected chi connectivity index (χ0v) is 33.7. The Morgan fingerprint density at radius 2 is 0.873 bits per heavy atom. The summed E-state index contributed by atoms with van der Waals surface area (Å²) in [4.78, 5) is 15.5. The fraction of sp³-hybridized carbons (Fsp3) is 0. The van der Waals surface area contributed by atoms with E-state index in [0.29, 0.717) is 17.5 Å². The molecule has 0 aliphatic rings. The van der Waals surface area contributed by atoms with Gasteiger partial charge < -0.3 is 13.4 Å². The molecule has 6 heteroatoms. The molecule has 6 nitrogen and oxygen atoms in total. The normalized spacial score (nSPS) is 11.8. The molecule has 0 aliphatic carbocycles. The average molecular weight is 807 g/mol. The van der Waals surface area contributed by atoms with Crippen LogP contribution in [-0.4, -0.2) is 19.5 Å². The third kappa shape index (κ3) is 5.62. The van der Waals surface area contributed by atoms with Crippen LogP contribution in [0.25, 0.3) is 128 Å². The van der Waals surface area contributed by atoms with Gasteiger partial charge in [-0.1, -0.05) is 146 Å². The second-order valence-corrected chi connectivity index (χ2v) is 15.9. The minimum absolute atomic E-state index is 0.552. The van der Waals surface area contributed by atoms with Crippen LogP contribution >= 0.6 is 0 Å². The van der Waals surface area contributed by atoms with Gasteiger partial charge in [0.25, 0.3) is 0 Å². The highest BCUT2D eigenvalue weighted by molar-refractivity contribution is 6.18. The topological polar surface area (TPSA) is 69.9 Å². The third-order valence-electron chi connectivity index (χ3n) is 12.3. The molecule has 0 spiro atoms. The van der Waals surface area contributed by atoms with Gasteiger partial charge in [0.1, 0.15) is 22.3 Å². The molecule has 0 N–H and O–H groups in total. The molecule has 4 aromatic heterocycles. The average Bonchev–Trinajstić information content (AvgIpc) is 4.04. The molecule has 0 saturated heterocycles. The van der Waals surface area contributed by atoms with Gasteiger partial charge in [-0.25, -0.2) is 15.0 Å². The Bertz CT molecular complexity index is 3900. The van der Waals surface area contributed by atoms with Gasteiger partial charge in [-0.15, -0.1) is 0 Å². The summed E-state index contributed by atoms with van der Waals surface area (Å²) < 4.78 is 15.5. The number of rotatable bonds is 6. The van der Waals surface area contributed by atoms with E-state index in [-0.39, 0.29) is 0 Å². The molecule has 0 saturated carbocycles. The van der Waals surface area contributed by atoms with Gasteiger partial charge in [0, 0.05) is 54.7 Å². The monoisotopic (exact) mass is 806 g/mol. The fourth-order valence-electron chi connectivity index (χ4n) is 9.46. The highest BCUT2D eigenvalue weighted by Crippen LogP contribution is 2.43. The van der Waals surface area contributed by atoms with Gasteiger partial charge in [0.05, 0.1) is 11.0 Å². The number of fused-ring (bicyclic) bond motifs is 9. The summed E-state index contributed by atoms with van der Waals surface area (Å²) in [7, 11) is 0. The predicted octanol–water partition coefficient (Wildman–Crippen LogP) is 15.1. The van der Waals surface area contributed by atoms with Crippen LogP contribution in [0.4, 0.5) is 0 Å². The van der Waals surface area contributed by atoms with Crippen LogP contribution in [0.15, 0.2) is 215 Å². The summed E-state index contributed by atoms with van der Waals surface area (Å²) >= 11 is 0. The lowest BCUT2D eigenvalue weighted by Gasteiger charge is -2.10. The highest BCUT2D eigenvalue weighted by atomic mass is 16.3. The van der Waals surface area contributed by atoms with Gasteiger partial charge in [0.15, 0.2) is 17.5 Å². The molecule has 0 unspecified atom stereocenters. The Balaban J connectivity index is 0.996. The quantitative estimate of drug-likeness (QED) is 0.167. The minimum atomic E-state index is 0.552. The molecule has 63 heavy (non-hydrogen) atoms. The lowest BCUT2D eigenvalue weighted by Crippen LogP contribution is -2.00. The van der Waals surface area contributed by atoms with Crippen molar-refractivity contribution in [1.82, 2.24) is 19.5 Å². The molecule has 13 rings (SSSR count). The predicted molar refractivity (Wildman–Crippen MR) is 256 cm³/mol. The Labute approximate surface area is 361 Å². The summed E-state index contributed by atoms with van der Waals surface area (Å²) in [5.74, 6) is 1.69. The van der Waals surface area contributed by atoms with Crippen LogP contribution in [0.5, 0.6) is 0 Å². The van der Waals surface area contributed by atoms with Crippen molar-refractivity contribution in [3.8, 4) is 62.1 Å². The van der Waals surface area contributed by atoms with E-state index in [2.05, 4.69) is 144 Å². The van der Waals surface area contributed by atoms with Crippen molar-refractivity contribution in [1.29, 1.82) is 0 Å². The zero-order valence-electron chi connectivity index (χ0n) is 33.7. The Morgan fingerprint density at radius 3 is 1.65 bits per heavy atom. The fourth-order valence-corrected chi connectivity index (χ4v) is 9.46. The third-order valence-corrected chi connectivity index (χ3v) is 12.3. The van der Waals surface area contributed by atoms with Gasteiger partial charge in [0.2, 0.25) is 0 Å². The van der Waals surface area contributed by atoms with Crippen molar-refractivity contribution >= 4 is 65.7 Å². The van der Waals surface area contributed by atoms with E-state index in [0.717, 1.165) is 94.0 Å². The van der Waals surface area contributed by atoms with Crippen LogP contribution in [0.3, 0.4) is 0 Å². The van der Waals surface area contributed by atoms with Crippen LogP contribution in [0, 0.1) is 0 Å². The van der Waals surface area contributed by atoms with E-state index in [4.69, 9.17) is 23.8 Å². The Kier molecular flexibility index (Phi) is 7.80. The molecule has 0 fully saturated rings. The number of para-hydroxylation sites is 2. The van der Waals surface area contributed by atoms with E-state index in [1.807, 2.05) is 66.7 Å². The van der Waals surface area contributed by atoms with Crippen molar-refractivity contribution in [2.45, 2.75) is 0 Å². The van der Waals surface area contributed by atoms with Crippen molar-refractivity contribution in [3.05, 3.63) is 206 Å². The van der Waals surface area contributed by atoms with Crippen LogP contribution in [-0.2, 0) is 0 Å².